The number of nitrogens with zero attached hydrogens (tertiary/aromatic N) is 2. The lowest BCUT2D eigenvalue weighted by Crippen LogP contribution is -1.95. The topological polar surface area (TPSA) is 36.7 Å². The Labute approximate surface area is 91.7 Å². The summed E-state index contributed by atoms with van der Waals surface area (Å²) in [6.07, 6.45) is -1.65. The molecule has 1 rings (SSSR count). The lowest BCUT2D eigenvalue weighted by atomic mass is 10.2. The second-order valence-electron chi connectivity index (χ2n) is 2.10. The van der Waals surface area contributed by atoms with E-state index >= 15 is 0 Å². The van der Waals surface area contributed by atoms with Gasteiger partial charge in [-0.1, -0.05) is 11.6 Å². The predicted molar refractivity (Wildman–Crippen MR) is 51.6 cm³/mol. The molecule has 0 aromatic carbocycles. The van der Waals surface area contributed by atoms with Crippen LogP contribution in [0, 0.1) is 14.9 Å². The number of hydrogen-bond donors (Lipinski definition) is 0. The molecule has 1 aromatic heterocycles. The molecule has 0 saturated heterocycles. The maximum Gasteiger partial charge on any atom is 0.266 e. The van der Waals surface area contributed by atoms with Crippen LogP contribution in [0.3, 0.4) is 0 Å². The molecule has 0 bridgehead atoms. The molecule has 0 atom stereocenters. The van der Waals surface area contributed by atoms with Crippen LogP contribution in [0.15, 0.2) is 6.20 Å². The van der Waals surface area contributed by atoms with Crippen LogP contribution in [-0.2, 0) is 0 Å². The van der Waals surface area contributed by atoms with Crippen molar-refractivity contribution in [2.75, 3.05) is 0 Å². The molecule has 0 spiro atoms. The number of pyridine rings is 1. The fraction of sp³-hybridized carbons (Fsp3) is 0.143. The normalized spacial score (nSPS) is 10.2. The van der Waals surface area contributed by atoms with Crippen LogP contribution in [0.4, 0.5) is 8.78 Å². The van der Waals surface area contributed by atoms with Gasteiger partial charge in [-0.2, -0.15) is 5.26 Å². The van der Waals surface area contributed by atoms with Gasteiger partial charge in [-0.05, 0) is 22.6 Å². The number of hydrogen-bond acceptors (Lipinski definition) is 2. The van der Waals surface area contributed by atoms with Crippen LogP contribution in [-0.4, -0.2) is 4.98 Å². The van der Waals surface area contributed by atoms with E-state index in [1.54, 1.807) is 28.7 Å². The van der Waals surface area contributed by atoms with Gasteiger partial charge in [0.2, 0.25) is 0 Å². The van der Waals surface area contributed by atoms with E-state index in [1.807, 2.05) is 0 Å². The summed E-state index contributed by atoms with van der Waals surface area (Å²) in [6, 6.07) is 1.71. The number of halogens is 4. The van der Waals surface area contributed by atoms with Gasteiger partial charge in [0.1, 0.15) is 6.07 Å². The average molecular weight is 314 g/mol. The van der Waals surface area contributed by atoms with Crippen LogP contribution in [0.25, 0.3) is 0 Å². The van der Waals surface area contributed by atoms with E-state index in [1.165, 1.54) is 0 Å². The number of nitriles is 1. The number of alkyl halides is 2. The van der Waals surface area contributed by atoms with E-state index in [9.17, 15) is 8.78 Å². The van der Waals surface area contributed by atoms with E-state index in [-0.39, 0.29) is 19.9 Å². The second-order valence-corrected chi connectivity index (χ2v) is 3.56. The smallest absolute Gasteiger partial charge is 0.243 e. The largest absolute Gasteiger partial charge is 0.266 e. The van der Waals surface area contributed by atoms with E-state index in [0.717, 1.165) is 6.20 Å². The maximum absolute atomic E-state index is 12.3. The van der Waals surface area contributed by atoms with Gasteiger partial charge >= 0.3 is 0 Å². The molecule has 0 fully saturated rings. The van der Waals surface area contributed by atoms with Crippen molar-refractivity contribution in [1.82, 2.24) is 4.98 Å². The first-order valence-electron chi connectivity index (χ1n) is 3.10. The van der Waals surface area contributed by atoms with Crippen molar-refractivity contribution < 1.29 is 8.78 Å². The fourth-order valence-electron chi connectivity index (χ4n) is 0.708. The first-order valence-corrected chi connectivity index (χ1v) is 4.55. The van der Waals surface area contributed by atoms with E-state index in [4.69, 9.17) is 16.9 Å². The van der Waals surface area contributed by atoms with Gasteiger partial charge in [0.15, 0.2) is 5.69 Å². The summed E-state index contributed by atoms with van der Waals surface area (Å²) in [5.41, 5.74) is -0.278. The minimum atomic E-state index is -2.62. The van der Waals surface area contributed by atoms with Crippen molar-refractivity contribution in [2.24, 2.45) is 0 Å². The molecule has 0 radical (unpaired) electrons. The number of rotatable bonds is 1. The van der Waals surface area contributed by atoms with Gasteiger partial charge in [-0.15, -0.1) is 0 Å². The van der Waals surface area contributed by atoms with Gasteiger partial charge in [0.25, 0.3) is 6.43 Å². The molecule has 6 heteroatoms. The molecule has 68 valence electrons. The Morgan fingerprint density at radius 2 is 2.23 bits per heavy atom. The Bertz CT molecular complexity index is 375. The number of aromatic nitrogens is 1. The quantitative estimate of drug-likeness (QED) is 0.747. The van der Waals surface area contributed by atoms with Crippen molar-refractivity contribution in [2.45, 2.75) is 6.43 Å². The van der Waals surface area contributed by atoms with Gasteiger partial charge in [-0.25, -0.2) is 13.8 Å². The van der Waals surface area contributed by atoms with Gasteiger partial charge < -0.3 is 0 Å². The van der Waals surface area contributed by atoms with E-state index < -0.39 is 6.43 Å². The molecule has 1 heterocycles. The summed E-state index contributed by atoms with van der Waals surface area (Å²) in [4.78, 5) is 3.50. The van der Waals surface area contributed by atoms with Crippen LogP contribution in [0.1, 0.15) is 17.7 Å². The molecule has 0 aliphatic rings. The molecule has 0 saturated carbocycles. The molecule has 0 aliphatic heterocycles. The summed E-state index contributed by atoms with van der Waals surface area (Å²) in [6.45, 7) is 0. The molecular weight excluding hydrogens is 312 g/mol. The lowest BCUT2D eigenvalue weighted by Gasteiger charge is -2.04. The van der Waals surface area contributed by atoms with Crippen molar-refractivity contribution in [1.29, 1.82) is 5.26 Å². The highest BCUT2D eigenvalue weighted by atomic mass is 127. The lowest BCUT2D eigenvalue weighted by molar-refractivity contribution is 0.150. The van der Waals surface area contributed by atoms with E-state index in [2.05, 4.69) is 4.98 Å². The Morgan fingerprint density at radius 3 is 2.69 bits per heavy atom. The Kier molecular flexibility index (Phi) is 3.39. The Hall–Kier alpha value is -0.480. The first-order chi connectivity index (χ1) is 6.07. The van der Waals surface area contributed by atoms with Crippen LogP contribution < -0.4 is 0 Å². The van der Waals surface area contributed by atoms with Crippen molar-refractivity contribution in [3.05, 3.63) is 26.0 Å². The molecule has 2 nitrogen and oxygen atoms in total. The highest BCUT2D eigenvalue weighted by molar-refractivity contribution is 14.1. The minimum Gasteiger partial charge on any atom is -0.243 e. The maximum atomic E-state index is 12.3. The predicted octanol–water partition coefficient (Wildman–Crippen LogP) is 3.15. The summed E-state index contributed by atoms with van der Waals surface area (Å²) >= 11 is 7.28. The average Bonchev–Trinajstić information content (AvgIpc) is 2.09. The zero-order chi connectivity index (χ0) is 10.0. The van der Waals surface area contributed by atoms with Gasteiger partial charge in [0, 0.05) is 9.77 Å². The third-order valence-corrected chi connectivity index (χ3v) is 3.18. The van der Waals surface area contributed by atoms with Crippen LogP contribution >= 0.6 is 34.2 Å². The van der Waals surface area contributed by atoms with E-state index in [0.29, 0.717) is 0 Å². The molecular formula is C7H2ClF2IN2. The zero-order valence-electron chi connectivity index (χ0n) is 6.06. The van der Waals surface area contributed by atoms with Gasteiger partial charge in [-0.3, -0.25) is 0 Å². The summed E-state index contributed by atoms with van der Waals surface area (Å²) in [5.74, 6) is 0. The molecule has 13 heavy (non-hydrogen) atoms. The molecule has 1 aromatic rings. The molecule has 0 unspecified atom stereocenters. The standard InChI is InChI=1S/C7H2ClF2IN2/c8-5-4(1-12)13-2-3(6(5)11)7(9)10/h2,7H. The second kappa shape index (κ2) is 4.15. The Morgan fingerprint density at radius 1 is 1.62 bits per heavy atom. The summed E-state index contributed by atoms with van der Waals surface area (Å²) in [5, 5.41) is 8.47. The third-order valence-electron chi connectivity index (χ3n) is 1.33. The molecule has 0 aliphatic carbocycles. The first kappa shape index (κ1) is 10.6. The fourth-order valence-corrected chi connectivity index (χ4v) is 1.54. The Balaban J connectivity index is 3.33. The SMILES string of the molecule is N#Cc1ncc(C(F)F)c(I)c1Cl. The highest BCUT2D eigenvalue weighted by Crippen LogP contribution is 2.30. The van der Waals surface area contributed by atoms with Crippen LogP contribution in [0.5, 0.6) is 0 Å². The van der Waals surface area contributed by atoms with Crippen molar-refractivity contribution >= 4 is 34.2 Å². The highest BCUT2D eigenvalue weighted by Gasteiger charge is 2.17. The van der Waals surface area contributed by atoms with Crippen molar-refractivity contribution in [3.8, 4) is 6.07 Å². The summed E-state index contributed by atoms with van der Waals surface area (Å²) in [7, 11) is 0. The molecule has 0 amide bonds. The monoisotopic (exact) mass is 314 g/mol. The van der Waals surface area contributed by atoms with Crippen LogP contribution in [0.2, 0.25) is 5.02 Å². The van der Waals surface area contributed by atoms with Crippen molar-refractivity contribution in [3.63, 3.8) is 0 Å². The third kappa shape index (κ3) is 2.06. The minimum absolute atomic E-state index is 0.0131. The van der Waals surface area contributed by atoms with Gasteiger partial charge in [0.05, 0.1) is 10.6 Å². The summed E-state index contributed by atoms with van der Waals surface area (Å²) < 4.78 is 24.7. The molecule has 0 N–H and O–H groups in total. The zero-order valence-corrected chi connectivity index (χ0v) is 8.97.